The van der Waals surface area contributed by atoms with Gasteiger partial charge in [0.15, 0.2) is 23.1 Å². The Morgan fingerprint density at radius 2 is 1.06 bits per heavy atom. The van der Waals surface area contributed by atoms with Gasteiger partial charge in [0, 0.05) is 0 Å². The number of hydrogen-bond acceptors (Lipinski definition) is 5. The predicted octanol–water partition coefficient (Wildman–Crippen LogP) is 0.285. The van der Waals surface area contributed by atoms with Gasteiger partial charge in [0.2, 0.25) is 5.41 Å². The molecule has 0 radical (unpaired) electrons. The molecular weight excluding hydrogens is 303 g/mol. The van der Waals surface area contributed by atoms with Crippen molar-refractivity contribution in [3.63, 3.8) is 0 Å². The normalized spacial score (nSPS) is 10.1. The molecule has 0 spiro atoms. The molecule has 0 rings (SSSR count). The SMILES string of the molecule is CC(=O)CC(=O)C(C(C)=O)(C(C)=O)C(C)=O.[Zr+2]. The molecule has 0 aliphatic carbocycles. The van der Waals surface area contributed by atoms with E-state index in [0.717, 1.165) is 27.7 Å². The van der Waals surface area contributed by atoms with Gasteiger partial charge in [-0.1, -0.05) is 0 Å². The van der Waals surface area contributed by atoms with E-state index in [9.17, 15) is 24.0 Å². The summed E-state index contributed by atoms with van der Waals surface area (Å²) in [5.74, 6) is -3.93. The summed E-state index contributed by atoms with van der Waals surface area (Å²) < 4.78 is 0. The largest absolute Gasteiger partial charge is 2.00 e. The van der Waals surface area contributed by atoms with Crippen LogP contribution < -0.4 is 0 Å². The first-order valence-electron chi connectivity index (χ1n) is 4.73. The van der Waals surface area contributed by atoms with Crippen LogP contribution >= 0.6 is 0 Å². The van der Waals surface area contributed by atoms with Gasteiger partial charge in [-0.05, 0) is 27.7 Å². The first-order chi connectivity index (χ1) is 7.17. The molecule has 5 nitrogen and oxygen atoms in total. The van der Waals surface area contributed by atoms with E-state index in [-0.39, 0.29) is 26.2 Å². The van der Waals surface area contributed by atoms with Crippen molar-refractivity contribution in [2.45, 2.75) is 34.1 Å². The molecule has 0 aromatic rings. The van der Waals surface area contributed by atoms with Crippen molar-refractivity contribution in [1.82, 2.24) is 0 Å². The van der Waals surface area contributed by atoms with Gasteiger partial charge in [0.05, 0.1) is 6.42 Å². The molecule has 90 valence electrons. The molecule has 0 aromatic heterocycles. The summed E-state index contributed by atoms with van der Waals surface area (Å²) in [5, 5.41) is 0. The number of rotatable bonds is 6. The molecule has 0 amide bonds. The van der Waals surface area contributed by atoms with E-state index in [0.29, 0.717) is 0 Å². The first-order valence-corrected chi connectivity index (χ1v) is 4.73. The van der Waals surface area contributed by atoms with Crippen LogP contribution in [-0.2, 0) is 50.2 Å². The van der Waals surface area contributed by atoms with Crippen LogP contribution in [-0.4, -0.2) is 28.9 Å². The zero-order chi connectivity index (χ0) is 13.1. The molecular formula is C11H14O5Zr+2. The van der Waals surface area contributed by atoms with Crippen LogP contribution in [0.2, 0.25) is 0 Å². The van der Waals surface area contributed by atoms with Crippen LogP contribution in [0.5, 0.6) is 0 Å². The molecule has 0 unspecified atom stereocenters. The Labute approximate surface area is 118 Å². The monoisotopic (exact) mass is 316 g/mol. The second kappa shape index (κ2) is 6.84. The van der Waals surface area contributed by atoms with Gasteiger partial charge < -0.3 is 0 Å². The minimum atomic E-state index is -2.29. The van der Waals surface area contributed by atoms with E-state index in [1.54, 1.807) is 0 Å². The molecule has 0 aliphatic rings. The van der Waals surface area contributed by atoms with Gasteiger partial charge in [-0.2, -0.15) is 0 Å². The Kier molecular flexibility index (Phi) is 7.49. The summed E-state index contributed by atoms with van der Waals surface area (Å²) in [4.78, 5) is 56.7. The maximum absolute atomic E-state index is 11.7. The fourth-order valence-electron chi connectivity index (χ4n) is 1.69. The summed E-state index contributed by atoms with van der Waals surface area (Å²) in [5.41, 5.74) is -2.29. The quantitative estimate of drug-likeness (QED) is 0.657. The van der Waals surface area contributed by atoms with Crippen LogP contribution in [0.1, 0.15) is 34.1 Å². The molecule has 0 aromatic carbocycles. The summed E-state index contributed by atoms with van der Waals surface area (Å²) in [6, 6.07) is 0. The zero-order valence-electron chi connectivity index (χ0n) is 10.2. The average Bonchev–Trinajstić information content (AvgIpc) is 1.99. The smallest absolute Gasteiger partial charge is 0.300 e. The fourth-order valence-corrected chi connectivity index (χ4v) is 1.69. The van der Waals surface area contributed by atoms with E-state index in [2.05, 4.69) is 0 Å². The fraction of sp³-hybridized carbons (Fsp3) is 0.545. The first kappa shape index (κ1) is 18.6. The third-order valence-corrected chi connectivity index (χ3v) is 2.41. The minimum Gasteiger partial charge on any atom is -0.300 e. The summed E-state index contributed by atoms with van der Waals surface area (Å²) in [6.07, 6.45) is -0.585. The van der Waals surface area contributed by atoms with Crippen LogP contribution in [0.15, 0.2) is 0 Å². The topological polar surface area (TPSA) is 85.3 Å². The predicted molar refractivity (Wildman–Crippen MR) is 54.8 cm³/mol. The minimum absolute atomic E-state index is 0. The van der Waals surface area contributed by atoms with Crippen molar-refractivity contribution < 1.29 is 50.2 Å². The Bertz CT molecular complexity index is 347. The summed E-state index contributed by atoms with van der Waals surface area (Å²) >= 11 is 0. The number of carbonyl (C=O) groups excluding carboxylic acids is 5. The zero-order valence-corrected chi connectivity index (χ0v) is 12.7. The molecule has 6 heteroatoms. The number of ketones is 5. The van der Waals surface area contributed by atoms with Gasteiger partial charge in [-0.3, -0.25) is 24.0 Å². The van der Waals surface area contributed by atoms with Gasteiger partial charge in [-0.15, -0.1) is 0 Å². The van der Waals surface area contributed by atoms with Crippen molar-refractivity contribution >= 4 is 28.9 Å². The third kappa shape index (κ3) is 3.60. The van der Waals surface area contributed by atoms with Crippen molar-refractivity contribution in [1.29, 1.82) is 0 Å². The second-order valence-corrected chi connectivity index (χ2v) is 3.72. The number of carbonyl (C=O) groups is 5. The van der Waals surface area contributed by atoms with Crippen LogP contribution in [0.4, 0.5) is 0 Å². The molecule has 0 N–H and O–H groups in total. The Morgan fingerprint density at radius 1 is 0.765 bits per heavy atom. The van der Waals surface area contributed by atoms with E-state index < -0.39 is 40.8 Å². The molecule has 0 atom stereocenters. The third-order valence-electron chi connectivity index (χ3n) is 2.41. The number of hydrogen-bond donors (Lipinski definition) is 0. The maximum atomic E-state index is 11.7. The van der Waals surface area contributed by atoms with Crippen LogP contribution in [0.3, 0.4) is 0 Å². The molecule has 17 heavy (non-hydrogen) atoms. The molecule has 0 saturated heterocycles. The second-order valence-electron chi connectivity index (χ2n) is 3.72. The van der Waals surface area contributed by atoms with Crippen molar-refractivity contribution in [3.8, 4) is 0 Å². The number of Topliss-reactive ketones (excluding diaryl/α,β-unsaturated/α-hetero) is 5. The van der Waals surface area contributed by atoms with Crippen molar-refractivity contribution in [3.05, 3.63) is 0 Å². The Hall–Kier alpha value is -0.767. The van der Waals surface area contributed by atoms with Crippen molar-refractivity contribution in [2.75, 3.05) is 0 Å². The molecule has 0 fully saturated rings. The maximum Gasteiger partial charge on any atom is 2.00 e. The van der Waals surface area contributed by atoms with Gasteiger partial charge in [0.25, 0.3) is 0 Å². The van der Waals surface area contributed by atoms with Gasteiger partial charge >= 0.3 is 26.2 Å². The summed E-state index contributed by atoms with van der Waals surface area (Å²) in [7, 11) is 0. The molecule has 0 bridgehead atoms. The molecule has 0 saturated carbocycles. The van der Waals surface area contributed by atoms with Gasteiger partial charge in [-0.25, -0.2) is 0 Å². The van der Waals surface area contributed by atoms with E-state index >= 15 is 0 Å². The summed E-state index contributed by atoms with van der Waals surface area (Å²) in [6.45, 7) is 4.16. The Balaban J connectivity index is 0. The Morgan fingerprint density at radius 3 is 1.24 bits per heavy atom. The standard InChI is InChI=1S/C11H14O5.Zr/c1-6(12)5-10(16)11(7(2)13,8(3)14)9(4)15;/h5H2,1-4H3;/q;+2. The van der Waals surface area contributed by atoms with E-state index in [1.807, 2.05) is 0 Å². The molecule has 0 heterocycles. The van der Waals surface area contributed by atoms with Crippen LogP contribution in [0, 0.1) is 5.41 Å². The van der Waals surface area contributed by atoms with Gasteiger partial charge in [0.1, 0.15) is 5.78 Å². The average molecular weight is 317 g/mol. The van der Waals surface area contributed by atoms with E-state index in [4.69, 9.17) is 0 Å². The van der Waals surface area contributed by atoms with Crippen LogP contribution in [0.25, 0.3) is 0 Å². The molecule has 0 aliphatic heterocycles. The van der Waals surface area contributed by atoms with Crippen molar-refractivity contribution in [2.24, 2.45) is 5.41 Å². The van der Waals surface area contributed by atoms with E-state index in [1.165, 1.54) is 0 Å².